The number of hydrogen-bond donors (Lipinski definition) is 1. The number of amides is 3. The largest absolute Gasteiger partial charge is 0.395 e. The summed E-state index contributed by atoms with van der Waals surface area (Å²) in [5.74, 6) is -1.87. The van der Waals surface area contributed by atoms with Gasteiger partial charge in [0.25, 0.3) is 5.91 Å². The van der Waals surface area contributed by atoms with Crippen LogP contribution in [-0.2, 0) is 14.4 Å². The van der Waals surface area contributed by atoms with Gasteiger partial charge in [0.15, 0.2) is 0 Å². The third kappa shape index (κ3) is 4.59. The molecule has 1 N–H and O–H groups in total. The normalized spacial score (nSPS) is 27.3. The van der Waals surface area contributed by atoms with Crippen molar-refractivity contribution >= 4 is 51.6 Å². The van der Waals surface area contributed by atoms with Crippen LogP contribution in [0.5, 0.6) is 0 Å². The van der Waals surface area contributed by atoms with Crippen LogP contribution in [0.1, 0.15) is 19.8 Å². The smallest absolute Gasteiger partial charge is 0.251 e. The van der Waals surface area contributed by atoms with E-state index in [1.165, 1.54) is 0 Å². The molecule has 0 saturated carbocycles. The van der Waals surface area contributed by atoms with Crippen LogP contribution in [0.4, 0.5) is 11.4 Å². The highest BCUT2D eigenvalue weighted by Gasteiger charge is 2.77. The van der Waals surface area contributed by atoms with Gasteiger partial charge >= 0.3 is 0 Å². The molecule has 3 heterocycles. The summed E-state index contributed by atoms with van der Waals surface area (Å²) < 4.78 is -1.30. The Morgan fingerprint density at radius 2 is 1.58 bits per heavy atom. The fourth-order valence-corrected chi connectivity index (χ4v) is 9.94. The zero-order valence-electron chi connectivity index (χ0n) is 24.4. The van der Waals surface area contributed by atoms with Gasteiger partial charge in [0, 0.05) is 35.8 Å². The van der Waals surface area contributed by atoms with E-state index in [4.69, 9.17) is 0 Å². The maximum atomic E-state index is 14.7. The number of nitrogens with zero attached hydrogens (tertiary/aromatic N) is 3. The zero-order valence-corrected chi connectivity index (χ0v) is 25.2. The number of aliphatic hydroxyl groups is 1. The van der Waals surface area contributed by atoms with Crippen LogP contribution in [0.25, 0.3) is 10.8 Å². The number of fused-ring (bicyclic) bond motifs is 2. The second-order valence-corrected chi connectivity index (χ2v) is 13.7. The summed E-state index contributed by atoms with van der Waals surface area (Å²) >= 11 is 1.63. The molecular weight excluding hydrogens is 558 g/mol. The van der Waals surface area contributed by atoms with Crippen LogP contribution in [0.2, 0.25) is 0 Å². The fourth-order valence-electron chi connectivity index (χ4n) is 7.60. The van der Waals surface area contributed by atoms with Gasteiger partial charge in [0.05, 0.1) is 23.2 Å². The molecule has 3 aliphatic heterocycles. The summed E-state index contributed by atoms with van der Waals surface area (Å²) in [6.07, 6.45) is 4.73. The van der Waals surface area contributed by atoms with E-state index in [9.17, 15) is 19.5 Å². The van der Waals surface area contributed by atoms with E-state index in [2.05, 4.69) is 20.1 Å². The van der Waals surface area contributed by atoms with E-state index in [-0.39, 0.29) is 37.4 Å². The molecule has 3 aromatic rings. The molecule has 7 nitrogen and oxygen atoms in total. The van der Waals surface area contributed by atoms with Crippen molar-refractivity contribution in [2.45, 2.75) is 35.3 Å². The molecule has 3 saturated heterocycles. The number of thioether (sulfide) groups is 1. The maximum absolute atomic E-state index is 14.7. The highest BCUT2D eigenvalue weighted by molar-refractivity contribution is 8.02. The maximum Gasteiger partial charge on any atom is 0.251 e. The fraction of sp³-hybridized carbons (Fsp3) is 0.343. The quantitative estimate of drug-likeness (QED) is 0.332. The topological polar surface area (TPSA) is 81.2 Å². The Labute approximate surface area is 256 Å². The SMILES string of the molecule is C=CCN(C(=O)C1N(CCO)C(=O)[C@@H]2[C@@H](C(=O)N(CC=C)c3ccccc3)[C@@]3(C)CCC12S3)c1ccc2ccccc2c1. The molecule has 2 bridgehead atoms. The van der Waals surface area contributed by atoms with Crippen LogP contribution in [0.3, 0.4) is 0 Å². The summed E-state index contributed by atoms with van der Waals surface area (Å²) in [4.78, 5) is 48.5. The third-order valence-corrected chi connectivity index (χ3v) is 11.4. The minimum Gasteiger partial charge on any atom is -0.395 e. The Hall–Kier alpha value is -3.88. The van der Waals surface area contributed by atoms with Crippen molar-refractivity contribution in [2.24, 2.45) is 11.8 Å². The number of β-amino-alcohol motifs (C(OH)–C–C–N with tert-alkyl or cyclic N) is 1. The molecule has 3 fully saturated rings. The van der Waals surface area contributed by atoms with E-state index in [1.807, 2.05) is 72.8 Å². The van der Waals surface area contributed by atoms with Gasteiger partial charge in [-0.15, -0.1) is 24.9 Å². The molecule has 0 aliphatic carbocycles. The average Bonchev–Trinajstić information content (AvgIpc) is 3.59. The van der Waals surface area contributed by atoms with Crippen molar-refractivity contribution in [3.8, 4) is 0 Å². The second-order valence-electron chi connectivity index (χ2n) is 11.8. The van der Waals surface area contributed by atoms with E-state index in [0.717, 1.165) is 22.1 Å². The first-order chi connectivity index (χ1) is 20.8. The molecule has 5 atom stereocenters. The van der Waals surface area contributed by atoms with E-state index >= 15 is 0 Å². The Kier molecular flexibility index (Phi) is 7.69. The number of para-hydroxylation sites is 1. The van der Waals surface area contributed by atoms with Gasteiger partial charge in [-0.05, 0) is 54.8 Å². The Morgan fingerprint density at radius 1 is 0.930 bits per heavy atom. The molecule has 222 valence electrons. The lowest BCUT2D eigenvalue weighted by molar-refractivity contribution is -0.140. The summed E-state index contributed by atoms with van der Waals surface area (Å²) in [5.41, 5.74) is 1.47. The molecule has 2 unspecified atom stereocenters. The molecule has 3 aromatic carbocycles. The number of carbonyl (C=O) groups is 3. The molecule has 3 aliphatic rings. The molecule has 0 aromatic heterocycles. The molecule has 3 amide bonds. The van der Waals surface area contributed by atoms with Gasteiger partial charge in [0.2, 0.25) is 11.8 Å². The number of benzene rings is 3. The van der Waals surface area contributed by atoms with Gasteiger partial charge in [-0.1, -0.05) is 60.7 Å². The summed E-state index contributed by atoms with van der Waals surface area (Å²) in [6.45, 7) is 10.2. The Morgan fingerprint density at radius 3 is 2.26 bits per heavy atom. The Balaban J connectivity index is 1.42. The first-order valence-corrected chi connectivity index (χ1v) is 15.6. The van der Waals surface area contributed by atoms with Gasteiger partial charge in [-0.3, -0.25) is 14.4 Å². The number of hydrogen-bond acceptors (Lipinski definition) is 5. The summed E-state index contributed by atoms with van der Waals surface area (Å²) in [5, 5.41) is 12.1. The average molecular weight is 596 g/mol. The van der Waals surface area contributed by atoms with Gasteiger partial charge in [-0.25, -0.2) is 0 Å². The Bertz CT molecular complexity index is 1590. The predicted octanol–water partition coefficient (Wildman–Crippen LogP) is 5.05. The molecule has 0 radical (unpaired) electrons. The van der Waals surface area contributed by atoms with Crippen LogP contribution in [-0.4, -0.2) is 69.5 Å². The number of carbonyl (C=O) groups excluding carboxylic acids is 3. The number of rotatable bonds is 10. The molecule has 43 heavy (non-hydrogen) atoms. The minimum absolute atomic E-state index is 0.0282. The number of likely N-dealkylation sites (tertiary alicyclic amines) is 1. The van der Waals surface area contributed by atoms with E-state index in [0.29, 0.717) is 19.4 Å². The zero-order chi connectivity index (χ0) is 30.4. The highest BCUT2D eigenvalue weighted by Crippen LogP contribution is 2.71. The second kappa shape index (κ2) is 11.3. The predicted molar refractivity (Wildman–Crippen MR) is 173 cm³/mol. The first kappa shape index (κ1) is 29.2. The van der Waals surface area contributed by atoms with Crippen LogP contribution in [0.15, 0.2) is 98.1 Å². The van der Waals surface area contributed by atoms with Crippen molar-refractivity contribution in [1.29, 1.82) is 0 Å². The molecular formula is C35H37N3O4S. The number of anilines is 2. The van der Waals surface area contributed by atoms with Gasteiger partial charge in [-0.2, -0.15) is 0 Å². The van der Waals surface area contributed by atoms with Crippen LogP contribution < -0.4 is 9.80 Å². The lowest BCUT2D eigenvalue weighted by atomic mass is 9.66. The van der Waals surface area contributed by atoms with E-state index in [1.54, 1.807) is 38.6 Å². The van der Waals surface area contributed by atoms with Crippen molar-refractivity contribution < 1.29 is 19.5 Å². The van der Waals surface area contributed by atoms with Crippen molar-refractivity contribution in [2.75, 3.05) is 36.0 Å². The third-order valence-electron chi connectivity index (χ3n) is 9.39. The standard InChI is InChI=1S/C35H37N3O4S/c1-4-19-36(26-13-7-6-8-14-26)31(40)28-29-32(41)38(21-22-39)30(35(29)18-17-34(28,3)43-35)33(42)37(20-5-2)27-16-15-24-11-9-10-12-25(24)23-27/h4-16,23,28-30,39H,1-2,17-22H2,3H3/t28-,29-,30?,34+,35?/m0/s1. The van der Waals surface area contributed by atoms with Gasteiger partial charge in [0.1, 0.15) is 6.04 Å². The highest BCUT2D eigenvalue weighted by atomic mass is 32.2. The lowest BCUT2D eigenvalue weighted by Crippen LogP contribution is -2.55. The van der Waals surface area contributed by atoms with E-state index < -0.39 is 27.4 Å². The molecule has 6 rings (SSSR count). The summed E-state index contributed by atoms with van der Waals surface area (Å²) in [6, 6.07) is 22.5. The van der Waals surface area contributed by atoms with Crippen molar-refractivity contribution in [3.05, 3.63) is 98.1 Å². The van der Waals surface area contributed by atoms with Crippen LogP contribution in [0, 0.1) is 11.8 Å². The van der Waals surface area contributed by atoms with Crippen molar-refractivity contribution in [1.82, 2.24) is 4.90 Å². The monoisotopic (exact) mass is 595 g/mol. The molecule has 8 heteroatoms. The lowest BCUT2D eigenvalue weighted by Gasteiger charge is -2.38. The first-order valence-electron chi connectivity index (χ1n) is 14.8. The number of aliphatic hydroxyl groups excluding tert-OH is 1. The van der Waals surface area contributed by atoms with Crippen molar-refractivity contribution in [3.63, 3.8) is 0 Å². The van der Waals surface area contributed by atoms with Crippen LogP contribution >= 0.6 is 11.8 Å². The summed E-state index contributed by atoms with van der Waals surface area (Å²) in [7, 11) is 0. The molecule has 1 spiro atoms. The minimum atomic E-state index is -0.822. The van der Waals surface area contributed by atoms with Gasteiger partial charge < -0.3 is 19.8 Å².